The molecule has 0 aliphatic carbocycles. The zero-order valence-corrected chi connectivity index (χ0v) is 15.2. The number of rotatable bonds is 7. The minimum absolute atomic E-state index is 0.00804. The van der Waals surface area contributed by atoms with Gasteiger partial charge in [0.05, 0.1) is 12.7 Å². The molecule has 0 radical (unpaired) electrons. The fourth-order valence-corrected chi connectivity index (χ4v) is 3.21. The molecule has 1 aromatic heterocycles. The lowest BCUT2D eigenvalue weighted by Gasteiger charge is -2.18. The maximum Gasteiger partial charge on any atom is 0.303 e. The zero-order chi connectivity index (χ0) is 20.1. The number of benzene rings is 2. The first-order valence-electron chi connectivity index (χ1n) is 8.71. The van der Waals surface area contributed by atoms with Gasteiger partial charge >= 0.3 is 5.97 Å². The average molecular weight is 383 g/mol. The second-order valence-corrected chi connectivity index (χ2v) is 6.22. The molecule has 0 amide bonds. The molecule has 3 rings (SSSR count). The van der Waals surface area contributed by atoms with E-state index in [0.717, 1.165) is 16.7 Å². The van der Waals surface area contributed by atoms with Crippen LogP contribution in [0.15, 0.2) is 60.9 Å². The Bertz CT molecular complexity index is 958. The monoisotopic (exact) mass is 383 g/mol. The van der Waals surface area contributed by atoms with Gasteiger partial charge in [-0.05, 0) is 46.4 Å². The molecule has 0 unspecified atom stereocenters. The molecule has 0 bridgehead atoms. The first-order chi connectivity index (χ1) is 13.5. The molecule has 2 aromatic carbocycles. The van der Waals surface area contributed by atoms with E-state index in [-0.39, 0.29) is 24.2 Å². The van der Waals surface area contributed by atoms with Crippen molar-refractivity contribution in [3.63, 3.8) is 0 Å². The van der Waals surface area contributed by atoms with Crippen LogP contribution in [-0.2, 0) is 11.2 Å². The predicted molar refractivity (Wildman–Crippen MR) is 103 cm³/mol. The fourth-order valence-electron chi connectivity index (χ4n) is 3.21. The third-order valence-corrected chi connectivity index (χ3v) is 4.53. The summed E-state index contributed by atoms with van der Waals surface area (Å²) in [4.78, 5) is 15.1. The molecule has 0 spiro atoms. The smallest absolute Gasteiger partial charge is 0.303 e. The van der Waals surface area contributed by atoms with Crippen molar-refractivity contribution >= 4 is 5.97 Å². The summed E-state index contributed by atoms with van der Waals surface area (Å²) in [5.41, 5.74) is 3.26. The molecule has 4 nitrogen and oxygen atoms in total. The maximum absolute atomic E-state index is 13.7. The number of halogens is 2. The number of carboxylic acid groups (broad SMARTS) is 1. The van der Waals surface area contributed by atoms with Crippen molar-refractivity contribution in [1.29, 1.82) is 0 Å². The maximum atomic E-state index is 13.7. The quantitative estimate of drug-likeness (QED) is 0.595. The van der Waals surface area contributed by atoms with Gasteiger partial charge in [0.1, 0.15) is 5.75 Å². The van der Waals surface area contributed by atoms with Crippen LogP contribution in [0.5, 0.6) is 5.75 Å². The van der Waals surface area contributed by atoms with Crippen molar-refractivity contribution in [2.75, 3.05) is 7.11 Å². The molecule has 0 saturated heterocycles. The number of pyridine rings is 1. The normalized spacial score (nSPS) is 10.9. The van der Waals surface area contributed by atoms with E-state index < -0.39 is 12.4 Å². The first-order valence-corrected chi connectivity index (χ1v) is 8.71. The topological polar surface area (TPSA) is 59.4 Å². The number of alkyl halides is 2. The van der Waals surface area contributed by atoms with Crippen LogP contribution in [0.25, 0.3) is 22.3 Å². The Morgan fingerprint density at radius 1 is 1.07 bits per heavy atom. The summed E-state index contributed by atoms with van der Waals surface area (Å²) in [5.74, 6) is -0.980. The van der Waals surface area contributed by atoms with E-state index in [1.165, 1.54) is 13.2 Å². The summed E-state index contributed by atoms with van der Waals surface area (Å²) in [5, 5.41) is 9.03. The van der Waals surface area contributed by atoms with Crippen LogP contribution < -0.4 is 4.74 Å². The highest BCUT2D eigenvalue weighted by atomic mass is 19.3. The van der Waals surface area contributed by atoms with Crippen molar-refractivity contribution in [3.8, 4) is 28.0 Å². The van der Waals surface area contributed by atoms with Crippen LogP contribution in [0.4, 0.5) is 8.78 Å². The molecule has 0 atom stereocenters. The summed E-state index contributed by atoms with van der Waals surface area (Å²) < 4.78 is 32.6. The van der Waals surface area contributed by atoms with Gasteiger partial charge in [-0.1, -0.05) is 36.4 Å². The van der Waals surface area contributed by atoms with Gasteiger partial charge in [0.25, 0.3) is 6.43 Å². The van der Waals surface area contributed by atoms with Crippen LogP contribution in [0.1, 0.15) is 24.0 Å². The lowest BCUT2D eigenvalue weighted by molar-refractivity contribution is -0.136. The second kappa shape index (κ2) is 8.61. The number of carboxylic acids is 1. The Morgan fingerprint density at radius 2 is 1.79 bits per heavy atom. The molecule has 28 heavy (non-hydrogen) atoms. The van der Waals surface area contributed by atoms with E-state index in [0.29, 0.717) is 11.1 Å². The molecular formula is C22H19F2NO3. The van der Waals surface area contributed by atoms with E-state index in [1.54, 1.807) is 18.5 Å². The number of carbonyl (C=O) groups is 1. The van der Waals surface area contributed by atoms with E-state index >= 15 is 0 Å². The lowest BCUT2D eigenvalue weighted by Crippen LogP contribution is -2.05. The third kappa shape index (κ3) is 4.17. The van der Waals surface area contributed by atoms with Crippen molar-refractivity contribution in [3.05, 3.63) is 72.1 Å². The highest BCUT2D eigenvalue weighted by Crippen LogP contribution is 2.39. The van der Waals surface area contributed by atoms with E-state index in [1.807, 2.05) is 36.4 Å². The number of hydrogen-bond donors (Lipinski definition) is 1. The molecular weight excluding hydrogens is 364 g/mol. The van der Waals surface area contributed by atoms with Gasteiger partial charge in [-0.2, -0.15) is 0 Å². The number of nitrogens with zero attached hydrogens (tertiary/aromatic N) is 1. The van der Waals surface area contributed by atoms with Crippen LogP contribution in [0.3, 0.4) is 0 Å². The molecule has 1 N–H and O–H groups in total. The minimum Gasteiger partial charge on any atom is -0.496 e. The van der Waals surface area contributed by atoms with Crippen molar-refractivity contribution in [2.45, 2.75) is 19.3 Å². The van der Waals surface area contributed by atoms with Gasteiger partial charge in [0, 0.05) is 18.8 Å². The Labute approximate surface area is 161 Å². The highest BCUT2D eigenvalue weighted by Gasteiger charge is 2.23. The first kappa shape index (κ1) is 19.5. The van der Waals surface area contributed by atoms with Gasteiger partial charge in [0.15, 0.2) is 0 Å². The SMILES string of the molecule is COc1ccc(-c2ccc(-c3cccnc3)cc2)c(CCC(=O)O)c1C(F)F. The van der Waals surface area contributed by atoms with Gasteiger partial charge in [0.2, 0.25) is 0 Å². The van der Waals surface area contributed by atoms with Crippen LogP contribution in [0.2, 0.25) is 0 Å². The number of aliphatic carboxylic acids is 1. The summed E-state index contributed by atoms with van der Waals surface area (Å²) in [6.45, 7) is 0. The summed E-state index contributed by atoms with van der Waals surface area (Å²) in [7, 11) is 1.32. The third-order valence-electron chi connectivity index (χ3n) is 4.53. The summed E-state index contributed by atoms with van der Waals surface area (Å²) in [6, 6.07) is 14.4. The number of ether oxygens (including phenoxy) is 1. The van der Waals surface area contributed by atoms with Crippen molar-refractivity contribution in [2.24, 2.45) is 0 Å². The van der Waals surface area contributed by atoms with Crippen LogP contribution >= 0.6 is 0 Å². The molecule has 144 valence electrons. The Morgan fingerprint density at radius 3 is 2.36 bits per heavy atom. The predicted octanol–water partition coefficient (Wildman–Crippen LogP) is 5.38. The molecule has 0 aliphatic rings. The second-order valence-electron chi connectivity index (χ2n) is 6.22. The van der Waals surface area contributed by atoms with E-state index in [4.69, 9.17) is 9.84 Å². The molecule has 0 saturated carbocycles. The number of hydrogen-bond acceptors (Lipinski definition) is 3. The standard InChI is InChI=1S/C22H19F2NO3/c1-28-19-10-8-17(18(9-11-20(26)27)21(19)22(23)24)15-6-4-14(5-7-15)16-3-2-12-25-13-16/h2-8,10,12-13,22H,9,11H2,1H3,(H,26,27). The van der Waals surface area contributed by atoms with Gasteiger partial charge < -0.3 is 9.84 Å². The van der Waals surface area contributed by atoms with Crippen molar-refractivity contribution in [1.82, 2.24) is 4.98 Å². The number of aromatic nitrogens is 1. The van der Waals surface area contributed by atoms with Crippen LogP contribution in [0, 0.1) is 0 Å². The molecule has 3 aromatic rings. The summed E-state index contributed by atoms with van der Waals surface area (Å²) in [6.07, 6.45) is 0.415. The zero-order valence-electron chi connectivity index (χ0n) is 15.2. The highest BCUT2D eigenvalue weighted by molar-refractivity contribution is 5.75. The molecule has 1 heterocycles. The average Bonchev–Trinajstić information content (AvgIpc) is 2.72. The minimum atomic E-state index is -2.77. The summed E-state index contributed by atoms with van der Waals surface area (Å²) >= 11 is 0. The van der Waals surface area contributed by atoms with Crippen LogP contribution in [-0.4, -0.2) is 23.2 Å². The molecule has 0 aliphatic heterocycles. The lowest BCUT2D eigenvalue weighted by atomic mass is 9.91. The number of methoxy groups -OCH3 is 1. The van der Waals surface area contributed by atoms with Crippen molar-refractivity contribution < 1.29 is 23.4 Å². The van der Waals surface area contributed by atoms with E-state index in [2.05, 4.69) is 4.98 Å². The fraction of sp³-hybridized carbons (Fsp3) is 0.182. The van der Waals surface area contributed by atoms with Gasteiger partial charge in [-0.3, -0.25) is 9.78 Å². The van der Waals surface area contributed by atoms with Gasteiger partial charge in [-0.15, -0.1) is 0 Å². The van der Waals surface area contributed by atoms with E-state index in [9.17, 15) is 13.6 Å². The largest absolute Gasteiger partial charge is 0.496 e. The molecule has 6 heteroatoms. The Balaban J connectivity index is 2.07. The Kier molecular flexibility index (Phi) is 5.99. The van der Waals surface area contributed by atoms with Gasteiger partial charge in [-0.25, -0.2) is 8.78 Å². The Hall–Kier alpha value is -3.28. The molecule has 0 fully saturated rings.